The zero-order valence-corrected chi connectivity index (χ0v) is 10.3. The Hall–Kier alpha value is -0.870. The number of aliphatic hydroxyl groups excluding tert-OH is 1. The molecule has 1 aromatic rings. The summed E-state index contributed by atoms with van der Waals surface area (Å²) in [5.74, 6) is 0.0891. The van der Waals surface area contributed by atoms with E-state index in [1.165, 1.54) is 17.8 Å². The van der Waals surface area contributed by atoms with Gasteiger partial charge in [-0.3, -0.25) is 4.79 Å². The highest BCUT2D eigenvalue weighted by Gasteiger charge is 2.29. The molecule has 0 aliphatic heterocycles. The van der Waals surface area contributed by atoms with Crippen molar-refractivity contribution in [1.82, 2.24) is 4.90 Å². The predicted octanol–water partition coefficient (Wildman–Crippen LogP) is 2.04. The molecule has 0 spiro atoms. The van der Waals surface area contributed by atoms with Gasteiger partial charge in [0, 0.05) is 12.6 Å². The lowest BCUT2D eigenvalue weighted by atomic mass is 9.91. The summed E-state index contributed by atoms with van der Waals surface area (Å²) in [5, 5.41) is 11.0. The van der Waals surface area contributed by atoms with E-state index in [2.05, 4.69) is 0 Å². The van der Waals surface area contributed by atoms with Gasteiger partial charge in [0.1, 0.15) is 0 Å². The van der Waals surface area contributed by atoms with Crippen molar-refractivity contribution in [2.45, 2.75) is 32.2 Å². The highest BCUT2D eigenvalue weighted by atomic mass is 32.1. The van der Waals surface area contributed by atoms with Crippen LogP contribution in [-0.2, 0) is 0 Å². The van der Waals surface area contributed by atoms with Crippen LogP contribution in [0.5, 0.6) is 0 Å². The molecule has 16 heavy (non-hydrogen) atoms. The molecule has 4 heteroatoms. The minimum atomic E-state index is 0.0483. The lowest BCUT2D eigenvalue weighted by Gasteiger charge is -2.37. The third kappa shape index (κ3) is 2.13. The van der Waals surface area contributed by atoms with Gasteiger partial charge in [0.15, 0.2) is 0 Å². The molecular formula is C12H17NO2S. The van der Waals surface area contributed by atoms with Crippen LogP contribution in [0.25, 0.3) is 0 Å². The third-order valence-corrected chi connectivity index (χ3v) is 4.18. The fourth-order valence-corrected chi connectivity index (χ4v) is 2.86. The van der Waals surface area contributed by atoms with Gasteiger partial charge in [-0.05, 0) is 43.2 Å². The van der Waals surface area contributed by atoms with E-state index >= 15 is 0 Å². The van der Waals surface area contributed by atoms with Crippen molar-refractivity contribution in [1.29, 1.82) is 0 Å². The number of hydrogen-bond donors (Lipinski definition) is 1. The maximum atomic E-state index is 12.3. The summed E-state index contributed by atoms with van der Waals surface area (Å²) in [6.07, 6.45) is 3.36. The van der Waals surface area contributed by atoms with Crippen LogP contribution >= 0.6 is 11.3 Å². The number of carbonyl (C=O) groups is 1. The largest absolute Gasteiger partial charge is 0.395 e. The summed E-state index contributed by atoms with van der Waals surface area (Å²) in [6, 6.07) is 2.32. The second-order valence-corrected chi connectivity index (χ2v) is 5.16. The number of rotatable bonds is 4. The fraction of sp³-hybridized carbons (Fsp3) is 0.583. The summed E-state index contributed by atoms with van der Waals surface area (Å²) in [5.41, 5.74) is 1.04. The van der Waals surface area contributed by atoms with Crippen LogP contribution in [0.1, 0.15) is 34.5 Å². The second kappa shape index (κ2) is 4.97. The van der Waals surface area contributed by atoms with Crippen LogP contribution < -0.4 is 0 Å². The molecule has 2 rings (SSSR count). The summed E-state index contributed by atoms with van der Waals surface area (Å²) in [7, 11) is 0. The van der Waals surface area contributed by atoms with Crippen LogP contribution in [-0.4, -0.2) is 35.1 Å². The monoisotopic (exact) mass is 239 g/mol. The Bertz CT molecular complexity index is 371. The third-order valence-electron chi connectivity index (χ3n) is 3.17. The summed E-state index contributed by atoms with van der Waals surface area (Å²) >= 11 is 1.49. The molecule has 1 heterocycles. The molecule has 3 nitrogen and oxygen atoms in total. The second-order valence-electron chi connectivity index (χ2n) is 4.24. The maximum Gasteiger partial charge on any atom is 0.264 e. The number of nitrogens with zero attached hydrogens (tertiary/aromatic N) is 1. The van der Waals surface area contributed by atoms with Crippen molar-refractivity contribution in [3.8, 4) is 0 Å². The Morgan fingerprint density at radius 2 is 2.38 bits per heavy atom. The fourth-order valence-electron chi connectivity index (χ4n) is 1.98. The van der Waals surface area contributed by atoms with Gasteiger partial charge in [-0.15, -0.1) is 11.3 Å². The minimum Gasteiger partial charge on any atom is -0.395 e. The molecule has 88 valence electrons. The van der Waals surface area contributed by atoms with Crippen LogP contribution in [0.2, 0.25) is 0 Å². The van der Waals surface area contributed by atoms with Crippen molar-refractivity contribution in [3.63, 3.8) is 0 Å². The number of aryl methyl sites for hydroxylation is 1. The Morgan fingerprint density at radius 3 is 2.81 bits per heavy atom. The van der Waals surface area contributed by atoms with Gasteiger partial charge in [0.25, 0.3) is 5.91 Å². The molecule has 1 saturated carbocycles. The molecule has 0 aromatic carbocycles. The van der Waals surface area contributed by atoms with Crippen molar-refractivity contribution in [2.24, 2.45) is 0 Å². The van der Waals surface area contributed by atoms with E-state index in [-0.39, 0.29) is 12.5 Å². The molecule has 0 saturated heterocycles. The SMILES string of the molecule is Cc1ccsc1C(=O)N(CCO)C1CCC1. The van der Waals surface area contributed by atoms with Crippen molar-refractivity contribution in [3.05, 3.63) is 21.9 Å². The van der Waals surface area contributed by atoms with Crippen LogP contribution in [0.4, 0.5) is 0 Å². The molecular weight excluding hydrogens is 222 g/mol. The van der Waals surface area contributed by atoms with Gasteiger partial charge < -0.3 is 10.0 Å². The quantitative estimate of drug-likeness (QED) is 0.873. The normalized spacial score (nSPS) is 15.9. The van der Waals surface area contributed by atoms with Gasteiger partial charge in [0.05, 0.1) is 11.5 Å². The number of carbonyl (C=O) groups excluding carboxylic acids is 1. The average molecular weight is 239 g/mol. The zero-order valence-electron chi connectivity index (χ0n) is 9.48. The first kappa shape index (κ1) is 11.6. The van der Waals surface area contributed by atoms with E-state index in [9.17, 15) is 4.79 Å². The van der Waals surface area contributed by atoms with Crippen molar-refractivity contribution < 1.29 is 9.90 Å². The van der Waals surface area contributed by atoms with E-state index in [1.807, 2.05) is 23.3 Å². The van der Waals surface area contributed by atoms with Gasteiger partial charge in [0.2, 0.25) is 0 Å². The Balaban J connectivity index is 2.13. The Labute approximate surface area is 99.7 Å². The number of hydrogen-bond acceptors (Lipinski definition) is 3. The molecule has 1 fully saturated rings. The van der Waals surface area contributed by atoms with Gasteiger partial charge in [-0.2, -0.15) is 0 Å². The molecule has 0 bridgehead atoms. The standard InChI is InChI=1S/C12H17NO2S/c1-9-5-8-16-11(9)12(15)13(6-7-14)10-3-2-4-10/h5,8,10,14H,2-4,6-7H2,1H3. The van der Waals surface area contributed by atoms with Crippen LogP contribution in [0.15, 0.2) is 11.4 Å². The number of aliphatic hydroxyl groups is 1. The van der Waals surface area contributed by atoms with Crippen molar-refractivity contribution >= 4 is 17.2 Å². The van der Waals surface area contributed by atoms with Gasteiger partial charge in [-0.25, -0.2) is 0 Å². The maximum absolute atomic E-state index is 12.3. The van der Waals surface area contributed by atoms with E-state index in [0.29, 0.717) is 12.6 Å². The molecule has 1 aliphatic rings. The molecule has 0 radical (unpaired) electrons. The highest BCUT2D eigenvalue weighted by Crippen LogP contribution is 2.27. The molecule has 0 unspecified atom stereocenters. The summed E-state index contributed by atoms with van der Waals surface area (Å²) in [4.78, 5) is 14.9. The van der Waals surface area contributed by atoms with Crippen LogP contribution in [0.3, 0.4) is 0 Å². The van der Waals surface area contributed by atoms with E-state index in [4.69, 9.17) is 5.11 Å². The Kier molecular flexibility index (Phi) is 3.61. The topological polar surface area (TPSA) is 40.5 Å². The van der Waals surface area contributed by atoms with E-state index in [1.54, 1.807) is 0 Å². The molecule has 1 amide bonds. The highest BCUT2D eigenvalue weighted by molar-refractivity contribution is 7.12. The summed E-state index contributed by atoms with van der Waals surface area (Å²) in [6.45, 7) is 2.47. The van der Waals surface area contributed by atoms with Crippen molar-refractivity contribution in [2.75, 3.05) is 13.2 Å². The smallest absolute Gasteiger partial charge is 0.264 e. The minimum absolute atomic E-state index is 0.0483. The first-order chi connectivity index (χ1) is 7.74. The molecule has 0 atom stereocenters. The number of thiophene rings is 1. The van der Waals surface area contributed by atoms with Gasteiger partial charge >= 0.3 is 0 Å². The lowest BCUT2D eigenvalue weighted by Crippen LogP contribution is -2.45. The number of amides is 1. The van der Waals surface area contributed by atoms with Gasteiger partial charge in [-0.1, -0.05) is 0 Å². The zero-order chi connectivity index (χ0) is 11.5. The predicted molar refractivity (Wildman–Crippen MR) is 64.8 cm³/mol. The first-order valence-electron chi connectivity index (χ1n) is 5.70. The van der Waals surface area contributed by atoms with Crippen LogP contribution in [0, 0.1) is 6.92 Å². The molecule has 1 N–H and O–H groups in total. The summed E-state index contributed by atoms with van der Waals surface area (Å²) < 4.78 is 0. The Morgan fingerprint density at radius 1 is 1.62 bits per heavy atom. The van der Waals surface area contributed by atoms with E-state index < -0.39 is 0 Å². The molecule has 1 aliphatic carbocycles. The first-order valence-corrected chi connectivity index (χ1v) is 6.58. The van der Waals surface area contributed by atoms with E-state index in [0.717, 1.165) is 23.3 Å². The lowest BCUT2D eigenvalue weighted by molar-refractivity contribution is 0.0530. The molecule has 1 aromatic heterocycles. The average Bonchev–Trinajstić information content (AvgIpc) is 2.60.